The Morgan fingerprint density at radius 3 is 2.59 bits per heavy atom. The maximum atomic E-state index is 12.3. The molecule has 0 amide bonds. The standard InChI is InChI=1S/C15H20O2/c1-11-5-6-12(2)13(9-11)14(16)10-15(17-3)7-4-8-15/h5-6,9H,4,7-8,10H2,1-3H3. The first kappa shape index (κ1) is 12.3. The number of carbonyl (C=O) groups is 1. The van der Waals surface area contributed by atoms with Gasteiger partial charge in [-0.15, -0.1) is 0 Å². The largest absolute Gasteiger partial charge is 0.378 e. The van der Waals surface area contributed by atoms with Crippen molar-refractivity contribution in [2.75, 3.05) is 7.11 Å². The molecule has 0 aromatic heterocycles. The molecule has 0 saturated heterocycles. The summed E-state index contributed by atoms with van der Waals surface area (Å²) in [5, 5.41) is 0. The zero-order chi connectivity index (χ0) is 12.5. The molecule has 0 aliphatic heterocycles. The van der Waals surface area contributed by atoms with Gasteiger partial charge >= 0.3 is 0 Å². The van der Waals surface area contributed by atoms with Crippen LogP contribution in [0.25, 0.3) is 0 Å². The fourth-order valence-corrected chi connectivity index (χ4v) is 2.45. The van der Waals surface area contributed by atoms with Crippen molar-refractivity contribution in [2.45, 2.75) is 45.1 Å². The van der Waals surface area contributed by atoms with Gasteiger partial charge in [0.15, 0.2) is 5.78 Å². The van der Waals surface area contributed by atoms with Crippen molar-refractivity contribution in [1.29, 1.82) is 0 Å². The van der Waals surface area contributed by atoms with E-state index in [1.54, 1.807) is 7.11 Å². The van der Waals surface area contributed by atoms with Crippen molar-refractivity contribution < 1.29 is 9.53 Å². The van der Waals surface area contributed by atoms with E-state index in [4.69, 9.17) is 4.74 Å². The van der Waals surface area contributed by atoms with Crippen LogP contribution in [0.3, 0.4) is 0 Å². The van der Waals surface area contributed by atoms with Crippen LogP contribution in [0.2, 0.25) is 0 Å². The first-order valence-electron chi connectivity index (χ1n) is 6.22. The Labute approximate surface area is 103 Å². The molecule has 92 valence electrons. The van der Waals surface area contributed by atoms with Crippen molar-refractivity contribution in [3.63, 3.8) is 0 Å². The van der Waals surface area contributed by atoms with Crippen LogP contribution in [-0.4, -0.2) is 18.5 Å². The average molecular weight is 232 g/mol. The average Bonchev–Trinajstić information content (AvgIpc) is 2.26. The number of rotatable bonds is 4. The maximum absolute atomic E-state index is 12.3. The van der Waals surface area contributed by atoms with Crippen LogP contribution in [0.1, 0.15) is 47.2 Å². The molecule has 1 aliphatic carbocycles. The van der Waals surface area contributed by atoms with Gasteiger partial charge in [0, 0.05) is 19.1 Å². The highest BCUT2D eigenvalue weighted by Gasteiger charge is 2.39. The van der Waals surface area contributed by atoms with Crippen molar-refractivity contribution in [2.24, 2.45) is 0 Å². The van der Waals surface area contributed by atoms with Gasteiger partial charge in [-0.1, -0.05) is 17.7 Å². The number of methoxy groups -OCH3 is 1. The quantitative estimate of drug-likeness (QED) is 0.743. The van der Waals surface area contributed by atoms with Crippen molar-refractivity contribution in [3.8, 4) is 0 Å². The van der Waals surface area contributed by atoms with Gasteiger partial charge in [-0.05, 0) is 44.7 Å². The molecule has 1 aliphatic rings. The SMILES string of the molecule is COC1(CC(=O)c2cc(C)ccc2C)CCC1. The summed E-state index contributed by atoms with van der Waals surface area (Å²) in [6, 6.07) is 6.05. The maximum Gasteiger partial charge on any atom is 0.166 e. The summed E-state index contributed by atoms with van der Waals surface area (Å²) in [5.74, 6) is 0.216. The second-order valence-corrected chi connectivity index (χ2v) is 5.16. The lowest BCUT2D eigenvalue weighted by Gasteiger charge is -2.40. The Morgan fingerprint density at radius 2 is 2.06 bits per heavy atom. The van der Waals surface area contributed by atoms with E-state index in [1.165, 1.54) is 6.42 Å². The Hall–Kier alpha value is -1.15. The molecule has 0 unspecified atom stereocenters. The van der Waals surface area contributed by atoms with E-state index in [-0.39, 0.29) is 11.4 Å². The van der Waals surface area contributed by atoms with Gasteiger partial charge < -0.3 is 4.74 Å². The molecule has 0 heterocycles. The Balaban J connectivity index is 2.17. The summed E-state index contributed by atoms with van der Waals surface area (Å²) < 4.78 is 5.52. The molecule has 2 heteroatoms. The fraction of sp³-hybridized carbons (Fsp3) is 0.533. The smallest absolute Gasteiger partial charge is 0.166 e. The first-order valence-corrected chi connectivity index (χ1v) is 6.22. The van der Waals surface area contributed by atoms with Crippen LogP contribution in [0.5, 0.6) is 0 Å². The van der Waals surface area contributed by atoms with Crippen LogP contribution >= 0.6 is 0 Å². The van der Waals surface area contributed by atoms with Crippen LogP contribution in [0, 0.1) is 13.8 Å². The van der Waals surface area contributed by atoms with Gasteiger partial charge in [-0.2, -0.15) is 0 Å². The van der Waals surface area contributed by atoms with Crippen LogP contribution < -0.4 is 0 Å². The molecule has 0 spiro atoms. The molecule has 2 rings (SSSR count). The Morgan fingerprint density at radius 1 is 1.35 bits per heavy atom. The highest BCUT2D eigenvalue weighted by molar-refractivity contribution is 5.98. The second kappa shape index (κ2) is 4.61. The Bertz CT molecular complexity index is 425. The van der Waals surface area contributed by atoms with E-state index in [2.05, 4.69) is 0 Å². The molecule has 0 bridgehead atoms. The minimum atomic E-state index is -0.173. The summed E-state index contributed by atoms with van der Waals surface area (Å²) >= 11 is 0. The van der Waals surface area contributed by atoms with E-state index >= 15 is 0 Å². The molecule has 1 aromatic rings. The Kier molecular flexibility index (Phi) is 3.34. The van der Waals surface area contributed by atoms with Gasteiger partial charge in [0.2, 0.25) is 0 Å². The topological polar surface area (TPSA) is 26.3 Å². The molecule has 17 heavy (non-hydrogen) atoms. The molecule has 0 N–H and O–H groups in total. The van der Waals surface area contributed by atoms with Gasteiger partial charge in [-0.25, -0.2) is 0 Å². The summed E-state index contributed by atoms with van der Waals surface area (Å²) in [6.45, 7) is 4.01. The van der Waals surface area contributed by atoms with Gasteiger partial charge in [0.05, 0.1) is 5.60 Å². The number of carbonyl (C=O) groups excluding carboxylic acids is 1. The molecule has 2 nitrogen and oxygen atoms in total. The minimum absolute atomic E-state index is 0.173. The predicted molar refractivity (Wildman–Crippen MR) is 68.5 cm³/mol. The third-order valence-electron chi connectivity index (χ3n) is 3.87. The second-order valence-electron chi connectivity index (χ2n) is 5.16. The monoisotopic (exact) mass is 232 g/mol. The van der Waals surface area contributed by atoms with E-state index in [0.29, 0.717) is 6.42 Å². The molecule has 0 atom stereocenters. The molecule has 0 radical (unpaired) electrons. The summed E-state index contributed by atoms with van der Waals surface area (Å²) in [5.41, 5.74) is 2.88. The van der Waals surface area contributed by atoms with Crippen LogP contribution in [0.4, 0.5) is 0 Å². The van der Waals surface area contributed by atoms with E-state index in [1.807, 2.05) is 32.0 Å². The van der Waals surface area contributed by atoms with E-state index < -0.39 is 0 Å². The minimum Gasteiger partial charge on any atom is -0.378 e. The third kappa shape index (κ3) is 2.42. The molecule has 1 aromatic carbocycles. The van der Waals surface area contributed by atoms with Gasteiger partial charge in [-0.3, -0.25) is 4.79 Å². The van der Waals surface area contributed by atoms with Crippen molar-refractivity contribution in [3.05, 3.63) is 34.9 Å². The number of benzene rings is 1. The lowest BCUT2D eigenvalue weighted by atomic mass is 9.75. The molecular formula is C15H20O2. The number of ether oxygens (including phenoxy) is 1. The number of hydrogen-bond donors (Lipinski definition) is 0. The highest BCUT2D eigenvalue weighted by atomic mass is 16.5. The lowest BCUT2D eigenvalue weighted by Crippen LogP contribution is -2.41. The summed E-state index contributed by atoms with van der Waals surface area (Å²) in [7, 11) is 1.72. The molecule has 1 saturated carbocycles. The summed E-state index contributed by atoms with van der Waals surface area (Å²) in [4.78, 5) is 12.3. The first-order chi connectivity index (χ1) is 8.06. The summed E-state index contributed by atoms with van der Waals surface area (Å²) in [6.07, 6.45) is 3.72. The fourth-order valence-electron chi connectivity index (χ4n) is 2.45. The van der Waals surface area contributed by atoms with E-state index in [0.717, 1.165) is 29.5 Å². The number of ketones is 1. The van der Waals surface area contributed by atoms with Gasteiger partial charge in [0.25, 0.3) is 0 Å². The normalized spacial score (nSPS) is 17.6. The number of hydrogen-bond acceptors (Lipinski definition) is 2. The number of aryl methyl sites for hydroxylation is 2. The molecule has 1 fully saturated rings. The number of Topliss-reactive ketones (excluding diaryl/α,β-unsaturated/α-hetero) is 1. The predicted octanol–water partition coefficient (Wildman–Crippen LogP) is 3.45. The van der Waals surface area contributed by atoms with Gasteiger partial charge in [0.1, 0.15) is 0 Å². The zero-order valence-corrected chi connectivity index (χ0v) is 10.9. The van der Waals surface area contributed by atoms with E-state index in [9.17, 15) is 4.79 Å². The highest BCUT2D eigenvalue weighted by Crippen LogP contribution is 2.39. The lowest BCUT2D eigenvalue weighted by molar-refractivity contribution is -0.0704. The van der Waals surface area contributed by atoms with Crippen molar-refractivity contribution >= 4 is 5.78 Å². The third-order valence-corrected chi connectivity index (χ3v) is 3.87. The van der Waals surface area contributed by atoms with Crippen LogP contribution in [0.15, 0.2) is 18.2 Å². The van der Waals surface area contributed by atoms with Crippen molar-refractivity contribution in [1.82, 2.24) is 0 Å². The zero-order valence-electron chi connectivity index (χ0n) is 10.9. The molecular weight excluding hydrogens is 212 g/mol. The van der Waals surface area contributed by atoms with Crippen LogP contribution in [-0.2, 0) is 4.74 Å².